The quantitative estimate of drug-likeness (QED) is 0.0195. The van der Waals surface area contributed by atoms with Gasteiger partial charge in [0.1, 0.15) is 19.8 Å². The van der Waals surface area contributed by atoms with Crippen LogP contribution in [-0.4, -0.2) is 70.0 Å². The molecular formula is C78H134NO8P. The molecule has 0 bridgehead atoms. The Kier molecular flexibility index (Phi) is 64.6. The highest BCUT2D eigenvalue weighted by Gasteiger charge is 2.22. The van der Waals surface area contributed by atoms with Crippen LogP contribution in [-0.2, 0) is 32.7 Å². The van der Waals surface area contributed by atoms with Crippen molar-refractivity contribution in [3.8, 4) is 0 Å². The summed E-state index contributed by atoms with van der Waals surface area (Å²) in [5.41, 5.74) is 0. The Morgan fingerprint density at radius 1 is 0.364 bits per heavy atom. The fraction of sp³-hybridized carbons (Fsp3) is 0.692. The van der Waals surface area contributed by atoms with Gasteiger partial charge in [-0.1, -0.05) is 302 Å². The van der Waals surface area contributed by atoms with Gasteiger partial charge < -0.3 is 27.9 Å². The first-order valence-corrected chi connectivity index (χ1v) is 37.4. The number of hydrogen-bond acceptors (Lipinski definition) is 8. The van der Waals surface area contributed by atoms with Gasteiger partial charge in [0.05, 0.1) is 27.7 Å². The third-order valence-corrected chi connectivity index (χ3v) is 16.1. The molecular weight excluding hydrogens is 1110 g/mol. The Morgan fingerprint density at radius 3 is 0.977 bits per heavy atom. The van der Waals surface area contributed by atoms with Gasteiger partial charge in [0.2, 0.25) is 0 Å². The van der Waals surface area contributed by atoms with Crippen molar-refractivity contribution in [2.24, 2.45) is 0 Å². The van der Waals surface area contributed by atoms with Gasteiger partial charge in [0, 0.05) is 12.8 Å². The summed E-state index contributed by atoms with van der Waals surface area (Å²) >= 11 is 0. The Balaban J connectivity index is 4.12. The van der Waals surface area contributed by atoms with Crippen molar-refractivity contribution >= 4 is 19.8 Å². The van der Waals surface area contributed by atoms with Gasteiger partial charge in [-0.2, -0.15) is 0 Å². The van der Waals surface area contributed by atoms with Crippen LogP contribution >= 0.6 is 7.82 Å². The van der Waals surface area contributed by atoms with Crippen LogP contribution in [0.1, 0.15) is 296 Å². The topological polar surface area (TPSA) is 111 Å². The second kappa shape index (κ2) is 67.5. The molecule has 0 aromatic heterocycles. The summed E-state index contributed by atoms with van der Waals surface area (Å²) in [7, 11) is 1.13. The van der Waals surface area contributed by atoms with Gasteiger partial charge in [0.25, 0.3) is 7.82 Å². The predicted octanol–water partition coefficient (Wildman–Crippen LogP) is 23.0. The molecule has 0 saturated heterocycles. The zero-order valence-electron chi connectivity index (χ0n) is 57.4. The lowest BCUT2D eigenvalue weighted by Gasteiger charge is -2.28. The molecule has 0 spiro atoms. The highest BCUT2D eigenvalue weighted by molar-refractivity contribution is 7.45. The third kappa shape index (κ3) is 71.2. The van der Waals surface area contributed by atoms with Crippen molar-refractivity contribution in [1.82, 2.24) is 0 Å². The van der Waals surface area contributed by atoms with Crippen molar-refractivity contribution < 1.29 is 42.1 Å². The van der Waals surface area contributed by atoms with Crippen LogP contribution in [0, 0.1) is 0 Å². The molecule has 0 amide bonds. The van der Waals surface area contributed by atoms with Crippen LogP contribution in [0.4, 0.5) is 0 Å². The third-order valence-electron chi connectivity index (χ3n) is 15.2. The Bertz CT molecular complexity index is 1950. The van der Waals surface area contributed by atoms with E-state index < -0.39 is 32.5 Å². The molecule has 0 aromatic carbocycles. The lowest BCUT2D eigenvalue weighted by Crippen LogP contribution is -2.37. The van der Waals surface area contributed by atoms with Crippen molar-refractivity contribution in [3.05, 3.63) is 134 Å². The molecule has 0 saturated carbocycles. The van der Waals surface area contributed by atoms with Gasteiger partial charge in [-0.25, -0.2) is 0 Å². The Hall–Kier alpha value is -3.85. The number of nitrogens with zero attached hydrogens (tertiary/aromatic N) is 1. The van der Waals surface area contributed by atoms with E-state index in [9.17, 15) is 19.0 Å². The largest absolute Gasteiger partial charge is 0.756 e. The number of unbranched alkanes of at least 4 members (excludes halogenated alkanes) is 29. The molecule has 9 nitrogen and oxygen atoms in total. The summed E-state index contributed by atoms with van der Waals surface area (Å²) in [6.45, 7) is 4.09. The predicted molar refractivity (Wildman–Crippen MR) is 378 cm³/mol. The highest BCUT2D eigenvalue weighted by atomic mass is 31.2. The molecule has 0 aliphatic carbocycles. The van der Waals surface area contributed by atoms with Gasteiger partial charge in [-0.3, -0.25) is 14.2 Å². The Labute approximate surface area is 542 Å². The standard InChI is InChI=1S/C78H134NO8P/c1-6-8-10-12-14-16-18-20-22-24-26-28-30-32-34-36-38-39-41-42-44-46-48-50-52-54-56-58-60-62-64-66-68-70-77(80)84-74-76(75-86-88(82,83)85-73-72-79(3,4)5)87-78(81)71-69-67-65-63-61-59-57-55-53-51-49-47-45-43-40-37-35-33-31-29-27-25-23-21-19-17-15-13-11-9-7-2/h9,11,15,17-18,20-21,23-24,26-27,29,33,35,40,43,47,49,53,55,59,61,76H,6-8,10,12-14,16,19,22,25,28,30-32,34,36-39,41-42,44-46,48,50-52,54,56-58,60,62-75H2,1-5H3/b11-9-,17-15-,20-18-,23-21-,26-24-,29-27-,35-33-,43-40-,49-47-,55-53-,61-59-. The van der Waals surface area contributed by atoms with E-state index in [-0.39, 0.29) is 26.1 Å². The smallest absolute Gasteiger partial charge is 0.306 e. The number of rotatable bonds is 65. The van der Waals surface area contributed by atoms with Crippen LogP contribution in [0.5, 0.6) is 0 Å². The van der Waals surface area contributed by atoms with E-state index in [1.807, 2.05) is 21.1 Å². The molecule has 88 heavy (non-hydrogen) atoms. The number of carbonyl (C=O) groups is 2. The first kappa shape index (κ1) is 84.2. The molecule has 504 valence electrons. The number of quaternary nitrogens is 1. The molecule has 0 aliphatic heterocycles. The first-order valence-electron chi connectivity index (χ1n) is 35.9. The number of phosphoric acid groups is 1. The summed E-state index contributed by atoms with van der Waals surface area (Å²) in [4.78, 5) is 38.1. The van der Waals surface area contributed by atoms with Gasteiger partial charge in [0.15, 0.2) is 6.10 Å². The van der Waals surface area contributed by atoms with E-state index in [2.05, 4.69) is 148 Å². The fourth-order valence-corrected chi connectivity index (χ4v) is 10.4. The normalized spacial score (nSPS) is 13.9. The molecule has 10 heteroatoms. The zero-order valence-corrected chi connectivity index (χ0v) is 58.3. The van der Waals surface area contributed by atoms with Crippen molar-refractivity contribution in [3.63, 3.8) is 0 Å². The van der Waals surface area contributed by atoms with E-state index in [0.717, 1.165) is 103 Å². The van der Waals surface area contributed by atoms with E-state index in [1.165, 1.54) is 161 Å². The molecule has 0 rings (SSSR count). The minimum atomic E-state index is -4.66. The van der Waals surface area contributed by atoms with Crippen LogP contribution in [0.3, 0.4) is 0 Å². The maximum absolute atomic E-state index is 12.9. The number of allylic oxidation sites excluding steroid dienone is 22. The van der Waals surface area contributed by atoms with E-state index in [0.29, 0.717) is 17.4 Å². The average Bonchev–Trinajstić information content (AvgIpc) is 3.68. The van der Waals surface area contributed by atoms with Gasteiger partial charge in [-0.05, 0) is 116 Å². The maximum atomic E-state index is 12.9. The molecule has 2 atom stereocenters. The summed E-state index contributed by atoms with van der Waals surface area (Å²) in [5.74, 6) is -0.871. The first-order chi connectivity index (χ1) is 43.0. The molecule has 0 aliphatic rings. The summed E-state index contributed by atoms with van der Waals surface area (Å²) < 4.78 is 34.3. The second-order valence-electron chi connectivity index (χ2n) is 24.9. The SMILES string of the molecule is CC/C=C\C/C=C\C/C=C\C/C=C\C/C=C\C/C=C\C/C=C\C/C=C\C/C=C\CCCCCC(=O)OC(COC(=O)CCCCCCCCCCCCCCCCCCCCCCC/C=C\C/C=C\CCCCCCC)COP(=O)([O-])OCC[N+](C)(C)C. The van der Waals surface area contributed by atoms with Crippen LogP contribution in [0.2, 0.25) is 0 Å². The van der Waals surface area contributed by atoms with Crippen molar-refractivity contribution in [2.75, 3.05) is 47.5 Å². The monoisotopic (exact) mass is 1240 g/mol. The molecule has 0 fully saturated rings. The summed E-state index contributed by atoms with van der Waals surface area (Å²) in [6.07, 6.45) is 98.3. The lowest BCUT2D eigenvalue weighted by molar-refractivity contribution is -0.870. The number of hydrogen-bond donors (Lipinski definition) is 0. The minimum absolute atomic E-state index is 0.0435. The molecule has 2 unspecified atom stereocenters. The maximum Gasteiger partial charge on any atom is 0.306 e. The molecule has 0 radical (unpaired) electrons. The van der Waals surface area contributed by atoms with E-state index in [1.54, 1.807) is 0 Å². The number of phosphoric ester groups is 1. The van der Waals surface area contributed by atoms with Crippen molar-refractivity contribution in [2.45, 2.75) is 302 Å². The fourth-order valence-electron chi connectivity index (χ4n) is 9.68. The van der Waals surface area contributed by atoms with E-state index in [4.69, 9.17) is 18.5 Å². The molecule has 0 heterocycles. The Morgan fingerprint density at radius 2 is 0.648 bits per heavy atom. The summed E-state index contributed by atoms with van der Waals surface area (Å²) in [5, 5.41) is 0. The highest BCUT2D eigenvalue weighted by Crippen LogP contribution is 2.38. The second-order valence-corrected chi connectivity index (χ2v) is 26.3. The molecule has 0 N–H and O–H groups in total. The minimum Gasteiger partial charge on any atom is -0.756 e. The lowest BCUT2D eigenvalue weighted by atomic mass is 10.0. The number of ether oxygens (including phenoxy) is 2. The number of likely N-dealkylation sites (N-methyl/N-ethyl adjacent to an activating group) is 1. The van der Waals surface area contributed by atoms with Crippen LogP contribution in [0.25, 0.3) is 0 Å². The van der Waals surface area contributed by atoms with Crippen molar-refractivity contribution in [1.29, 1.82) is 0 Å². The zero-order chi connectivity index (χ0) is 64.1. The summed E-state index contributed by atoms with van der Waals surface area (Å²) in [6, 6.07) is 0. The number of esters is 2. The number of carbonyl (C=O) groups excluding carboxylic acids is 2. The van der Waals surface area contributed by atoms with Crippen LogP contribution < -0.4 is 4.89 Å². The van der Waals surface area contributed by atoms with E-state index >= 15 is 0 Å². The van der Waals surface area contributed by atoms with Gasteiger partial charge >= 0.3 is 11.9 Å². The molecule has 0 aromatic rings. The van der Waals surface area contributed by atoms with Gasteiger partial charge in [-0.15, -0.1) is 0 Å². The average molecular weight is 1240 g/mol. The van der Waals surface area contributed by atoms with Crippen LogP contribution in [0.15, 0.2) is 134 Å².